The molecule has 0 bridgehead atoms. The van der Waals surface area contributed by atoms with Gasteiger partial charge in [0, 0.05) is 21.9 Å². The molecule has 0 unspecified atom stereocenters. The molecule has 0 saturated carbocycles. The Morgan fingerprint density at radius 1 is 1.09 bits per heavy atom. The second-order valence-electron chi connectivity index (χ2n) is 4.95. The van der Waals surface area contributed by atoms with E-state index >= 15 is 0 Å². The molecule has 1 aliphatic heterocycles. The minimum atomic E-state index is -0.413. The van der Waals surface area contributed by atoms with Crippen LogP contribution in [0.4, 0.5) is 4.79 Å². The molecule has 6 heteroatoms. The normalized spacial score (nSPS) is 16.1. The molecule has 3 rings (SSSR count). The van der Waals surface area contributed by atoms with Crippen LogP contribution in [0.15, 0.2) is 64.0 Å². The first-order chi connectivity index (χ1) is 11.0. The average Bonchev–Trinajstić information content (AvgIpc) is 2.79. The molecule has 1 heterocycles. The fourth-order valence-corrected chi connectivity index (χ4v) is 3.14. The second-order valence-corrected chi connectivity index (χ2v) is 6.50. The monoisotopic (exact) mass is 344 g/mol. The van der Waals surface area contributed by atoms with E-state index in [1.165, 1.54) is 7.05 Å². The van der Waals surface area contributed by atoms with Crippen LogP contribution < -0.4 is 5.32 Å². The number of nitrogens with one attached hydrogen (secondary N) is 1. The lowest BCUT2D eigenvalue weighted by Gasteiger charge is -2.06. The molecule has 23 heavy (non-hydrogen) atoms. The van der Waals surface area contributed by atoms with Crippen molar-refractivity contribution in [2.24, 2.45) is 0 Å². The first-order valence-electron chi connectivity index (χ1n) is 6.88. The molecule has 2 aromatic carbocycles. The Hall–Kier alpha value is -2.24. The van der Waals surface area contributed by atoms with Crippen molar-refractivity contribution in [1.82, 2.24) is 10.2 Å². The van der Waals surface area contributed by atoms with Crippen molar-refractivity contribution in [1.29, 1.82) is 0 Å². The molecule has 0 spiro atoms. The maximum atomic E-state index is 12.0. The second kappa shape index (κ2) is 6.48. The SMILES string of the molecule is CN1C(=O)N/C(=C\c2ccccc2Sc2ccc(Cl)cc2)C1=O. The number of halogens is 1. The predicted molar refractivity (Wildman–Crippen MR) is 91.3 cm³/mol. The van der Waals surface area contributed by atoms with Gasteiger partial charge in [-0.05, 0) is 42.0 Å². The van der Waals surface area contributed by atoms with Crippen molar-refractivity contribution in [3.05, 3.63) is 64.8 Å². The summed E-state index contributed by atoms with van der Waals surface area (Å²) in [6.07, 6.45) is 1.70. The standard InChI is InChI=1S/C17H13ClN2O2S/c1-20-16(21)14(19-17(20)22)10-11-4-2-3-5-15(11)23-13-8-6-12(18)7-9-13/h2-10H,1H3,(H,19,22)/b14-10-. The van der Waals surface area contributed by atoms with Crippen LogP contribution in [0.2, 0.25) is 5.02 Å². The molecule has 0 radical (unpaired) electrons. The molecule has 0 aromatic heterocycles. The van der Waals surface area contributed by atoms with Crippen LogP contribution in [0.5, 0.6) is 0 Å². The van der Waals surface area contributed by atoms with Gasteiger partial charge in [0.25, 0.3) is 5.91 Å². The lowest BCUT2D eigenvalue weighted by molar-refractivity contribution is -0.121. The summed E-state index contributed by atoms with van der Waals surface area (Å²) in [7, 11) is 1.45. The number of amides is 3. The number of hydrogen-bond donors (Lipinski definition) is 1. The third kappa shape index (κ3) is 3.41. The van der Waals surface area contributed by atoms with E-state index in [0.717, 1.165) is 20.3 Å². The Morgan fingerprint density at radius 2 is 1.78 bits per heavy atom. The Morgan fingerprint density at radius 3 is 2.43 bits per heavy atom. The molecule has 1 N–H and O–H groups in total. The van der Waals surface area contributed by atoms with E-state index in [-0.39, 0.29) is 11.6 Å². The number of nitrogens with zero attached hydrogens (tertiary/aromatic N) is 1. The Kier molecular flexibility index (Phi) is 4.41. The van der Waals surface area contributed by atoms with E-state index in [1.807, 2.05) is 48.5 Å². The van der Waals surface area contributed by atoms with Crippen molar-refractivity contribution < 1.29 is 9.59 Å². The summed E-state index contributed by atoms with van der Waals surface area (Å²) in [5.41, 5.74) is 1.15. The third-order valence-electron chi connectivity index (χ3n) is 3.34. The molecule has 1 fully saturated rings. The van der Waals surface area contributed by atoms with Gasteiger partial charge in [-0.3, -0.25) is 9.69 Å². The molecule has 3 amide bonds. The number of rotatable bonds is 3. The quantitative estimate of drug-likeness (QED) is 0.676. The highest BCUT2D eigenvalue weighted by Gasteiger charge is 2.30. The smallest absolute Gasteiger partial charge is 0.303 e. The zero-order chi connectivity index (χ0) is 16.4. The van der Waals surface area contributed by atoms with Gasteiger partial charge >= 0.3 is 6.03 Å². The van der Waals surface area contributed by atoms with Crippen molar-refractivity contribution in [2.45, 2.75) is 9.79 Å². The maximum absolute atomic E-state index is 12.0. The van der Waals surface area contributed by atoms with Gasteiger partial charge in [-0.1, -0.05) is 41.6 Å². The number of imide groups is 1. The van der Waals surface area contributed by atoms with E-state index in [9.17, 15) is 9.59 Å². The lowest BCUT2D eigenvalue weighted by Crippen LogP contribution is -2.25. The number of likely N-dealkylation sites (N-methyl/N-ethyl adjacent to an activating group) is 1. The summed E-state index contributed by atoms with van der Waals surface area (Å²) in [5, 5.41) is 3.26. The van der Waals surface area contributed by atoms with Crippen LogP contribution >= 0.6 is 23.4 Å². The number of benzene rings is 2. The van der Waals surface area contributed by atoms with E-state index < -0.39 is 6.03 Å². The van der Waals surface area contributed by atoms with Gasteiger partial charge < -0.3 is 5.32 Å². The van der Waals surface area contributed by atoms with E-state index in [2.05, 4.69) is 5.32 Å². The van der Waals surface area contributed by atoms with Crippen molar-refractivity contribution in [3.63, 3.8) is 0 Å². The molecule has 0 atom stereocenters. The minimum absolute atomic E-state index is 0.279. The minimum Gasteiger partial charge on any atom is -0.303 e. The summed E-state index contributed by atoms with van der Waals surface area (Å²) in [6, 6.07) is 14.8. The summed E-state index contributed by atoms with van der Waals surface area (Å²) in [6.45, 7) is 0. The highest BCUT2D eigenvalue weighted by atomic mass is 35.5. The average molecular weight is 345 g/mol. The Labute approximate surface area is 143 Å². The van der Waals surface area contributed by atoms with Gasteiger partial charge in [0.15, 0.2) is 0 Å². The summed E-state index contributed by atoms with van der Waals surface area (Å²) < 4.78 is 0. The summed E-state index contributed by atoms with van der Waals surface area (Å²) in [4.78, 5) is 26.6. The van der Waals surface area contributed by atoms with Crippen molar-refractivity contribution in [2.75, 3.05) is 7.05 Å². The van der Waals surface area contributed by atoms with E-state index in [4.69, 9.17) is 11.6 Å². The number of carbonyl (C=O) groups excluding carboxylic acids is 2. The highest BCUT2D eigenvalue weighted by Crippen LogP contribution is 2.32. The van der Waals surface area contributed by atoms with Gasteiger partial charge in [0.2, 0.25) is 0 Å². The highest BCUT2D eigenvalue weighted by molar-refractivity contribution is 7.99. The zero-order valence-corrected chi connectivity index (χ0v) is 13.8. The molecule has 4 nitrogen and oxygen atoms in total. The molecule has 1 saturated heterocycles. The van der Waals surface area contributed by atoms with Crippen LogP contribution in [0, 0.1) is 0 Å². The van der Waals surface area contributed by atoms with Gasteiger partial charge in [0.05, 0.1) is 0 Å². The van der Waals surface area contributed by atoms with Crippen LogP contribution in [-0.4, -0.2) is 23.9 Å². The summed E-state index contributed by atoms with van der Waals surface area (Å²) in [5.74, 6) is -0.332. The van der Waals surface area contributed by atoms with Gasteiger partial charge in [-0.15, -0.1) is 0 Å². The van der Waals surface area contributed by atoms with Crippen LogP contribution in [0.3, 0.4) is 0 Å². The van der Waals surface area contributed by atoms with Crippen LogP contribution in [-0.2, 0) is 4.79 Å². The van der Waals surface area contributed by atoms with Crippen molar-refractivity contribution >= 4 is 41.4 Å². The lowest BCUT2D eigenvalue weighted by atomic mass is 10.2. The first-order valence-corrected chi connectivity index (χ1v) is 8.07. The van der Waals surface area contributed by atoms with Crippen LogP contribution in [0.1, 0.15) is 5.56 Å². The topological polar surface area (TPSA) is 49.4 Å². The molecular weight excluding hydrogens is 332 g/mol. The van der Waals surface area contributed by atoms with E-state index in [0.29, 0.717) is 5.02 Å². The van der Waals surface area contributed by atoms with Crippen molar-refractivity contribution in [3.8, 4) is 0 Å². The van der Waals surface area contributed by atoms with Gasteiger partial charge in [0.1, 0.15) is 5.70 Å². The predicted octanol–water partition coefficient (Wildman–Crippen LogP) is 4.01. The summed E-state index contributed by atoms with van der Waals surface area (Å²) >= 11 is 7.47. The zero-order valence-electron chi connectivity index (χ0n) is 12.2. The van der Waals surface area contributed by atoms with E-state index in [1.54, 1.807) is 17.8 Å². The fraction of sp³-hybridized carbons (Fsp3) is 0.0588. The van der Waals surface area contributed by atoms with Gasteiger partial charge in [-0.25, -0.2) is 4.79 Å². The number of hydrogen-bond acceptors (Lipinski definition) is 3. The molecule has 116 valence electrons. The fourth-order valence-electron chi connectivity index (χ4n) is 2.10. The Balaban J connectivity index is 1.91. The number of urea groups is 1. The van der Waals surface area contributed by atoms with Crippen LogP contribution in [0.25, 0.3) is 6.08 Å². The molecular formula is C17H13ClN2O2S. The molecule has 0 aliphatic carbocycles. The third-order valence-corrected chi connectivity index (χ3v) is 4.69. The number of carbonyl (C=O) groups is 2. The Bertz CT molecular complexity index is 802. The molecule has 1 aliphatic rings. The molecule has 2 aromatic rings. The first kappa shape index (κ1) is 15.6. The van der Waals surface area contributed by atoms with Gasteiger partial charge in [-0.2, -0.15) is 0 Å². The maximum Gasteiger partial charge on any atom is 0.328 e. The largest absolute Gasteiger partial charge is 0.328 e.